The van der Waals surface area contributed by atoms with Crippen LogP contribution in [0.2, 0.25) is 0 Å². The standard InChI is InChI=1S/C13H20N2OS/c1-3-4-9-15(2)13(16)11-17-10-12-7-5-6-8-14-12/h5-8H,3-4,9-11H2,1-2H3. The SMILES string of the molecule is CCCCN(C)C(=O)CSCc1ccccn1. The molecule has 0 aliphatic carbocycles. The average Bonchev–Trinajstić information content (AvgIpc) is 2.37. The largest absolute Gasteiger partial charge is 0.345 e. The predicted molar refractivity (Wildman–Crippen MR) is 72.9 cm³/mol. The van der Waals surface area contributed by atoms with Gasteiger partial charge in [0.15, 0.2) is 0 Å². The lowest BCUT2D eigenvalue weighted by Gasteiger charge is -2.16. The van der Waals surface area contributed by atoms with Gasteiger partial charge in [-0.2, -0.15) is 0 Å². The molecule has 1 rings (SSSR count). The van der Waals surface area contributed by atoms with Crippen molar-refractivity contribution < 1.29 is 4.79 Å². The second-order valence-electron chi connectivity index (χ2n) is 3.98. The van der Waals surface area contributed by atoms with Crippen molar-refractivity contribution in [3.63, 3.8) is 0 Å². The minimum absolute atomic E-state index is 0.208. The molecule has 0 aliphatic rings. The highest BCUT2D eigenvalue weighted by atomic mass is 32.2. The van der Waals surface area contributed by atoms with Gasteiger partial charge in [0.2, 0.25) is 5.91 Å². The molecule has 4 heteroatoms. The summed E-state index contributed by atoms with van der Waals surface area (Å²) in [4.78, 5) is 17.8. The maximum absolute atomic E-state index is 11.7. The summed E-state index contributed by atoms with van der Waals surface area (Å²) in [5.74, 6) is 1.55. The smallest absolute Gasteiger partial charge is 0.232 e. The van der Waals surface area contributed by atoms with Crippen LogP contribution in [0.4, 0.5) is 0 Å². The Morgan fingerprint density at radius 2 is 2.29 bits per heavy atom. The minimum atomic E-state index is 0.208. The van der Waals surface area contributed by atoms with Gasteiger partial charge >= 0.3 is 0 Å². The zero-order chi connectivity index (χ0) is 12.5. The Bertz CT molecular complexity index is 329. The molecule has 0 bridgehead atoms. The fraction of sp³-hybridized carbons (Fsp3) is 0.538. The lowest BCUT2D eigenvalue weighted by Crippen LogP contribution is -2.29. The molecule has 3 nitrogen and oxygen atoms in total. The zero-order valence-electron chi connectivity index (χ0n) is 10.6. The number of pyridine rings is 1. The first-order chi connectivity index (χ1) is 8.24. The second kappa shape index (κ2) is 8.12. The van der Waals surface area contributed by atoms with Crippen molar-refractivity contribution >= 4 is 17.7 Å². The predicted octanol–water partition coefficient (Wildman–Crippen LogP) is 2.57. The summed E-state index contributed by atoms with van der Waals surface area (Å²) < 4.78 is 0. The van der Waals surface area contributed by atoms with E-state index >= 15 is 0 Å². The third-order valence-corrected chi connectivity index (χ3v) is 3.43. The van der Waals surface area contributed by atoms with E-state index in [0.29, 0.717) is 5.75 Å². The van der Waals surface area contributed by atoms with Gasteiger partial charge in [-0.3, -0.25) is 9.78 Å². The molecule has 0 radical (unpaired) electrons. The highest BCUT2D eigenvalue weighted by Gasteiger charge is 2.07. The highest BCUT2D eigenvalue weighted by molar-refractivity contribution is 7.99. The molecule has 1 heterocycles. The Labute approximate surface area is 108 Å². The molecule has 0 fully saturated rings. The number of aromatic nitrogens is 1. The van der Waals surface area contributed by atoms with Crippen molar-refractivity contribution in [1.82, 2.24) is 9.88 Å². The Hall–Kier alpha value is -1.03. The molecule has 17 heavy (non-hydrogen) atoms. The van der Waals surface area contributed by atoms with Gasteiger partial charge in [-0.1, -0.05) is 19.4 Å². The fourth-order valence-electron chi connectivity index (χ4n) is 1.36. The van der Waals surface area contributed by atoms with Crippen LogP contribution in [0.15, 0.2) is 24.4 Å². The van der Waals surface area contributed by atoms with Gasteiger partial charge in [0.05, 0.1) is 11.4 Å². The molecular formula is C13H20N2OS. The van der Waals surface area contributed by atoms with Crippen LogP contribution >= 0.6 is 11.8 Å². The van der Waals surface area contributed by atoms with Crippen LogP contribution in [0.1, 0.15) is 25.5 Å². The van der Waals surface area contributed by atoms with Crippen LogP contribution in [0, 0.1) is 0 Å². The monoisotopic (exact) mass is 252 g/mol. The van der Waals surface area contributed by atoms with Gasteiger partial charge in [0.25, 0.3) is 0 Å². The Morgan fingerprint density at radius 3 is 2.94 bits per heavy atom. The van der Waals surface area contributed by atoms with E-state index in [1.165, 1.54) is 0 Å². The number of rotatable bonds is 7. The molecule has 0 aromatic carbocycles. The normalized spacial score (nSPS) is 10.2. The van der Waals surface area contributed by atoms with Crippen molar-refractivity contribution in [3.8, 4) is 0 Å². The summed E-state index contributed by atoms with van der Waals surface area (Å²) in [7, 11) is 1.87. The number of amides is 1. The lowest BCUT2D eigenvalue weighted by molar-refractivity contribution is -0.127. The van der Waals surface area contributed by atoms with Gasteiger partial charge in [-0.15, -0.1) is 11.8 Å². The van der Waals surface area contributed by atoms with E-state index < -0.39 is 0 Å². The van der Waals surface area contributed by atoms with Crippen LogP contribution in [0.5, 0.6) is 0 Å². The van der Waals surface area contributed by atoms with Crippen LogP contribution < -0.4 is 0 Å². The van der Waals surface area contributed by atoms with Gasteiger partial charge in [-0.05, 0) is 18.6 Å². The first-order valence-electron chi connectivity index (χ1n) is 5.95. The van der Waals surface area contributed by atoms with Crippen molar-refractivity contribution in [2.24, 2.45) is 0 Å². The van der Waals surface area contributed by atoms with Crippen LogP contribution in [-0.4, -0.2) is 35.1 Å². The maximum atomic E-state index is 11.7. The van der Waals surface area contributed by atoms with Crippen molar-refractivity contribution in [1.29, 1.82) is 0 Å². The third-order valence-electron chi connectivity index (χ3n) is 2.47. The number of hydrogen-bond acceptors (Lipinski definition) is 3. The van der Waals surface area contributed by atoms with E-state index in [1.54, 1.807) is 18.0 Å². The molecule has 0 aliphatic heterocycles. The molecule has 94 valence electrons. The summed E-state index contributed by atoms with van der Waals surface area (Å²) >= 11 is 1.62. The minimum Gasteiger partial charge on any atom is -0.345 e. The van der Waals surface area contributed by atoms with E-state index in [2.05, 4.69) is 11.9 Å². The molecule has 1 amide bonds. The molecule has 0 saturated carbocycles. The summed E-state index contributed by atoms with van der Waals surface area (Å²) in [6.45, 7) is 2.99. The summed E-state index contributed by atoms with van der Waals surface area (Å²) in [6.07, 6.45) is 3.98. The molecular weight excluding hydrogens is 232 g/mol. The highest BCUT2D eigenvalue weighted by Crippen LogP contribution is 2.10. The van der Waals surface area contributed by atoms with Crippen molar-refractivity contribution in [2.45, 2.75) is 25.5 Å². The molecule has 0 unspecified atom stereocenters. The first kappa shape index (κ1) is 14.0. The number of unbranched alkanes of at least 4 members (excludes halogenated alkanes) is 1. The number of hydrogen-bond donors (Lipinski definition) is 0. The Kier molecular flexibility index (Phi) is 6.70. The Balaban J connectivity index is 2.20. The number of carbonyl (C=O) groups is 1. The number of thioether (sulfide) groups is 1. The topological polar surface area (TPSA) is 33.2 Å². The first-order valence-corrected chi connectivity index (χ1v) is 7.11. The zero-order valence-corrected chi connectivity index (χ0v) is 11.4. The average molecular weight is 252 g/mol. The molecule has 1 aromatic heterocycles. The molecule has 0 atom stereocenters. The molecule has 0 spiro atoms. The number of nitrogens with zero attached hydrogens (tertiary/aromatic N) is 2. The summed E-state index contributed by atoms with van der Waals surface area (Å²) in [5.41, 5.74) is 1.03. The molecule has 0 N–H and O–H groups in total. The maximum Gasteiger partial charge on any atom is 0.232 e. The van der Waals surface area contributed by atoms with Crippen LogP contribution in [0.3, 0.4) is 0 Å². The van der Waals surface area contributed by atoms with Crippen molar-refractivity contribution in [2.75, 3.05) is 19.3 Å². The van der Waals surface area contributed by atoms with Crippen molar-refractivity contribution in [3.05, 3.63) is 30.1 Å². The fourth-order valence-corrected chi connectivity index (χ4v) is 2.23. The summed E-state index contributed by atoms with van der Waals surface area (Å²) in [6, 6.07) is 5.86. The second-order valence-corrected chi connectivity index (χ2v) is 4.97. The van der Waals surface area contributed by atoms with E-state index in [4.69, 9.17) is 0 Å². The quantitative estimate of drug-likeness (QED) is 0.748. The summed E-state index contributed by atoms with van der Waals surface area (Å²) in [5, 5.41) is 0. The van der Waals surface area contributed by atoms with Crippen LogP contribution in [0.25, 0.3) is 0 Å². The molecule has 0 saturated heterocycles. The van der Waals surface area contributed by atoms with E-state index in [0.717, 1.165) is 30.8 Å². The van der Waals surface area contributed by atoms with Gasteiger partial charge in [0.1, 0.15) is 0 Å². The number of carbonyl (C=O) groups excluding carboxylic acids is 1. The molecule has 1 aromatic rings. The van der Waals surface area contributed by atoms with E-state index in [-0.39, 0.29) is 5.91 Å². The van der Waals surface area contributed by atoms with E-state index in [9.17, 15) is 4.79 Å². The van der Waals surface area contributed by atoms with Gasteiger partial charge < -0.3 is 4.90 Å². The van der Waals surface area contributed by atoms with Gasteiger partial charge in [0, 0.05) is 25.5 Å². The third kappa shape index (κ3) is 5.73. The Morgan fingerprint density at radius 1 is 1.47 bits per heavy atom. The lowest BCUT2D eigenvalue weighted by atomic mass is 10.3. The van der Waals surface area contributed by atoms with E-state index in [1.807, 2.05) is 30.1 Å². The van der Waals surface area contributed by atoms with Crippen LogP contribution in [-0.2, 0) is 10.5 Å². The van der Waals surface area contributed by atoms with Gasteiger partial charge in [-0.25, -0.2) is 0 Å².